The number of rotatable bonds is 8. The molecular weight excluding hydrogens is 398 g/mol. The smallest absolute Gasteiger partial charge is 0.260 e. The van der Waals surface area contributed by atoms with Crippen LogP contribution in [-0.2, 0) is 20.8 Å². The number of hydrogen-bond acceptors (Lipinski definition) is 8. The monoisotopic (exact) mass is 427 g/mol. The number of aromatic amines is 1. The number of fused-ring (bicyclic) bond motifs is 1. The van der Waals surface area contributed by atoms with Crippen LogP contribution in [-0.4, -0.2) is 54.6 Å². The van der Waals surface area contributed by atoms with Gasteiger partial charge >= 0.3 is 0 Å². The maximum Gasteiger partial charge on any atom is 0.260 e. The summed E-state index contributed by atoms with van der Waals surface area (Å²) in [5, 5.41) is 0.478. The zero-order valence-corrected chi connectivity index (χ0v) is 18.5. The number of pyridine rings is 1. The first-order valence-corrected chi connectivity index (χ1v) is 10.2. The second-order valence-electron chi connectivity index (χ2n) is 7.31. The van der Waals surface area contributed by atoms with Crippen LogP contribution in [0.2, 0.25) is 0 Å². The maximum atomic E-state index is 12.3. The van der Waals surface area contributed by atoms with Gasteiger partial charge < -0.3 is 24.1 Å². The molecule has 0 unspecified atom stereocenters. The van der Waals surface area contributed by atoms with Gasteiger partial charge in [-0.3, -0.25) is 4.79 Å². The number of anilines is 1. The molecule has 0 aromatic carbocycles. The van der Waals surface area contributed by atoms with Crippen molar-refractivity contribution in [2.75, 3.05) is 32.2 Å². The van der Waals surface area contributed by atoms with Gasteiger partial charge in [0.25, 0.3) is 5.56 Å². The summed E-state index contributed by atoms with van der Waals surface area (Å²) in [7, 11) is 3.13. The summed E-state index contributed by atoms with van der Waals surface area (Å²) in [6.45, 7) is 9.51. The van der Waals surface area contributed by atoms with Crippen LogP contribution in [0.25, 0.3) is 11.0 Å². The van der Waals surface area contributed by atoms with Gasteiger partial charge in [0.15, 0.2) is 5.65 Å². The van der Waals surface area contributed by atoms with E-state index in [0.29, 0.717) is 28.5 Å². The number of piperidine rings is 1. The third-order valence-electron chi connectivity index (χ3n) is 5.04. The van der Waals surface area contributed by atoms with E-state index in [4.69, 9.17) is 19.2 Å². The molecule has 9 nitrogen and oxygen atoms in total. The Labute approximate surface area is 181 Å². The molecule has 1 aliphatic heterocycles. The van der Waals surface area contributed by atoms with Gasteiger partial charge in [-0.25, -0.2) is 15.0 Å². The van der Waals surface area contributed by atoms with Crippen molar-refractivity contribution in [1.29, 1.82) is 0 Å². The van der Waals surface area contributed by atoms with E-state index < -0.39 is 0 Å². The number of hydrogen-bond donors (Lipinski definition) is 1. The van der Waals surface area contributed by atoms with E-state index in [1.54, 1.807) is 26.5 Å². The molecule has 0 radical (unpaired) electrons. The normalized spacial score (nSPS) is 15.6. The molecule has 9 heteroatoms. The minimum absolute atomic E-state index is 0.0573. The van der Waals surface area contributed by atoms with Crippen molar-refractivity contribution in [3.63, 3.8) is 0 Å². The first-order chi connectivity index (χ1) is 14.9. The van der Waals surface area contributed by atoms with Crippen LogP contribution in [0.3, 0.4) is 0 Å². The van der Waals surface area contributed by atoms with Gasteiger partial charge in [-0.05, 0) is 31.6 Å². The number of aryl methyl sites for hydroxylation is 1. The molecule has 0 atom stereocenters. The maximum absolute atomic E-state index is 12.3. The Morgan fingerprint density at radius 2 is 2.10 bits per heavy atom. The highest BCUT2D eigenvalue weighted by Crippen LogP contribution is 2.25. The van der Waals surface area contributed by atoms with E-state index in [-0.39, 0.29) is 18.3 Å². The lowest BCUT2D eigenvalue weighted by atomic mass is 10.1. The Bertz CT molecular complexity index is 1050. The molecule has 3 heterocycles. The van der Waals surface area contributed by atoms with Crippen LogP contribution in [0.4, 0.5) is 5.82 Å². The molecule has 0 spiro atoms. The number of ether oxygens (including phenoxy) is 3. The fourth-order valence-corrected chi connectivity index (χ4v) is 3.54. The van der Waals surface area contributed by atoms with Crippen molar-refractivity contribution >= 4 is 23.1 Å². The van der Waals surface area contributed by atoms with Gasteiger partial charge in [0.2, 0.25) is 5.88 Å². The molecule has 0 aliphatic carbocycles. The van der Waals surface area contributed by atoms with Gasteiger partial charge in [0.1, 0.15) is 30.1 Å². The number of H-pyrrole nitrogens is 1. The fourth-order valence-electron chi connectivity index (χ4n) is 3.54. The minimum atomic E-state index is -0.207. The van der Waals surface area contributed by atoms with Gasteiger partial charge in [-0.2, -0.15) is 0 Å². The van der Waals surface area contributed by atoms with Crippen LogP contribution in [0.15, 0.2) is 40.2 Å². The standard InChI is InChI=1S/C22H29N5O4/c1-6-19(30-5)23-12-15(3)31-16-7-9-27(10-8-16)21-14(2)11-17-20(26-21)24-18(13-29-4)25-22(17)28/h6,11-12,16H,3,7-10,13H2,1-2,4-5H3,(H,24,25,26,28)/b19-6+,23-12?. The van der Waals surface area contributed by atoms with E-state index in [1.165, 1.54) is 0 Å². The van der Waals surface area contributed by atoms with Crippen molar-refractivity contribution in [2.45, 2.75) is 39.4 Å². The van der Waals surface area contributed by atoms with Crippen LogP contribution in [0.1, 0.15) is 31.2 Å². The Balaban J connectivity index is 1.68. The third kappa shape index (κ3) is 5.49. The highest BCUT2D eigenvalue weighted by atomic mass is 16.5. The van der Waals surface area contributed by atoms with Crippen LogP contribution in [0.5, 0.6) is 0 Å². The number of aliphatic imine (C=N–C) groups is 1. The van der Waals surface area contributed by atoms with Gasteiger partial charge in [-0.1, -0.05) is 6.58 Å². The van der Waals surface area contributed by atoms with Crippen molar-refractivity contribution in [3.8, 4) is 0 Å². The van der Waals surface area contributed by atoms with Crippen molar-refractivity contribution in [1.82, 2.24) is 15.0 Å². The molecule has 1 saturated heterocycles. The van der Waals surface area contributed by atoms with Crippen LogP contribution >= 0.6 is 0 Å². The molecule has 3 rings (SSSR count). The lowest BCUT2D eigenvalue weighted by molar-refractivity contribution is 0.108. The van der Waals surface area contributed by atoms with E-state index in [9.17, 15) is 4.79 Å². The zero-order valence-electron chi connectivity index (χ0n) is 18.5. The van der Waals surface area contributed by atoms with E-state index >= 15 is 0 Å². The predicted molar refractivity (Wildman–Crippen MR) is 120 cm³/mol. The molecule has 0 amide bonds. The van der Waals surface area contributed by atoms with E-state index in [1.807, 2.05) is 19.9 Å². The molecule has 1 fully saturated rings. The predicted octanol–water partition coefficient (Wildman–Crippen LogP) is 2.85. The number of allylic oxidation sites excluding steroid dienone is 2. The van der Waals surface area contributed by atoms with Crippen LogP contribution < -0.4 is 10.5 Å². The highest BCUT2D eigenvalue weighted by molar-refractivity contribution is 5.77. The lowest BCUT2D eigenvalue weighted by Gasteiger charge is -2.33. The molecule has 31 heavy (non-hydrogen) atoms. The summed E-state index contributed by atoms with van der Waals surface area (Å²) in [6.07, 6.45) is 5.04. The highest BCUT2D eigenvalue weighted by Gasteiger charge is 2.23. The Hall–Kier alpha value is -3.20. The average molecular weight is 428 g/mol. The Morgan fingerprint density at radius 3 is 2.74 bits per heavy atom. The number of nitrogens with one attached hydrogen (secondary N) is 1. The summed E-state index contributed by atoms with van der Waals surface area (Å²) in [5.41, 5.74) is 1.16. The fraction of sp³-hybridized carbons (Fsp3) is 0.455. The SMILES string of the molecule is C=C(C=N/C(=C\C)OC)OC1CCN(c2nc3nc(COC)[nH]c(=O)c3cc2C)CC1. The Morgan fingerprint density at radius 1 is 1.35 bits per heavy atom. The summed E-state index contributed by atoms with van der Waals surface area (Å²) < 4.78 is 16.1. The van der Waals surface area contributed by atoms with Crippen molar-refractivity contribution in [2.24, 2.45) is 4.99 Å². The largest absolute Gasteiger partial charge is 0.489 e. The van der Waals surface area contributed by atoms with Crippen molar-refractivity contribution < 1.29 is 14.2 Å². The summed E-state index contributed by atoms with van der Waals surface area (Å²) >= 11 is 0. The van der Waals surface area contributed by atoms with Crippen molar-refractivity contribution in [3.05, 3.63) is 52.1 Å². The van der Waals surface area contributed by atoms with Gasteiger partial charge in [-0.15, -0.1) is 0 Å². The molecule has 0 bridgehead atoms. The topological polar surface area (TPSA) is 102 Å². The van der Waals surface area contributed by atoms with E-state index in [0.717, 1.165) is 37.3 Å². The number of nitrogens with zero attached hydrogens (tertiary/aromatic N) is 4. The third-order valence-corrected chi connectivity index (χ3v) is 5.04. The second-order valence-corrected chi connectivity index (χ2v) is 7.31. The van der Waals surface area contributed by atoms with Crippen LogP contribution in [0, 0.1) is 6.92 Å². The van der Waals surface area contributed by atoms with E-state index in [2.05, 4.69) is 26.4 Å². The molecule has 2 aromatic rings. The molecular formula is C22H29N5O4. The summed E-state index contributed by atoms with van der Waals surface area (Å²) in [5.74, 6) is 2.32. The van der Waals surface area contributed by atoms with Gasteiger partial charge in [0, 0.05) is 33.0 Å². The number of methoxy groups -OCH3 is 2. The average Bonchev–Trinajstić information content (AvgIpc) is 2.75. The van der Waals surface area contributed by atoms with Gasteiger partial charge in [0.05, 0.1) is 18.7 Å². The number of aromatic nitrogens is 3. The first kappa shape index (κ1) is 22.5. The minimum Gasteiger partial charge on any atom is -0.489 e. The lowest BCUT2D eigenvalue weighted by Crippen LogP contribution is -2.38. The molecule has 166 valence electrons. The summed E-state index contributed by atoms with van der Waals surface area (Å²) in [4.78, 5) is 30.6. The first-order valence-electron chi connectivity index (χ1n) is 10.2. The second kappa shape index (κ2) is 10.2. The molecule has 0 saturated carbocycles. The summed E-state index contributed by atoms with van der Waals surface area (Å²) in [6, 6.07) is 1.84. The Kier molecular flexibility index (Phi) is 7.41. The molecule has 1 aliphatic rings. The quantitative estimate of drug-likeness (QED) is 0.510. The molecule has 2 aromatic heterocycles. The zero-order chi connectivity index (χ0) is 22.4. The molecule has 1 N–H and O–H groups in total.